The number of likely N-dealkylation sites (tertiary alicyclic amines) is 1. The number of carboxylic acids is 1. The fraction of sp³-hybridized carbons (Fsp3) is 0.531. The molecule has 0 bridgehead atoms. The Bertz CT molecular complexity index is 1580. The summed E-state index contributed by atoms with van der Waals surface area (Å²) in [6.45, 7) is 2.45. The number of carboxylic acid groups (broad SMARTS) is 1. The molecule has 1 saturated carbocycles. The van der Waals surface area contributed by atoms with Crippen molar-refractivity contribution < 1.29 is 47.7 Å². The van der Waals surface area contributed by atoms with Crippen molar-refractivity contribution in [2.45, 2.75) is 63.6 Å². The number of rotatable bonds is 12. The average molecular weight is 671 g/mol. The highest BCUT2D eigenvalue weighted by molar-refractivity contribution is 5.99. The lowest BCUT2D eigenvalue weighted by atomic mass is 10.1. The molecule has 15 nitrogen and oxygen atoms in total. The van der Waals surface area contributed by atoms with Gasteiger partial charge in [-0.2, -0.15) is 0 Å². The van der Waals surface area contributed by atoms with Crippen LogP contribution in [0.4, 0.5) is 9.18 Å². The number of nitrogens with zero attached hydrogens (tertiary/aromatic N) is 4. The Hall–Kier alpha value is -5.02. The van der Waals surface area contributed by atoms with E-state index < -0.39 is 60.7 Å². The normalized spacial score (nSPS) is 18.3. The molecule has 5 amide bonds. The van der Waals surface area contributed by atoms with Gasteiger partial charge in [0.25, 0.3) is 11.8 Å². The van der Waals surface area contributed by atoms with Gasteiger partial charge >= 0.3 is 12.1 Å². The van der Waals surface area contributed by atoms with Gasteiger partial charge in [0.05, 0.1) is 6.61 Å². The summed E-state index contributed by atoms with van der Waals surface area (Å²) in [4.78, 5) is 84.8. The monoisotopic (exact) mass is 670 g/mol. The molecule has 2 aromatic rings. The average Bonchev–Trinajstić information content (AvgIpc) is 3.75. The second kappa shape index (κ2) is 15.3. The predicted molar refractivity (Wildman–Crippen MR) is 166 cm³/mol. The van der Waals surface area contributed by atoms with Crippen molar-refractivity contribution in [3.8, 4) is 5.75 Å². The molecule has 48 heavy (non-hydrogen) atoms. The van der Waals surface area contributed by atoms with E-state index in [2.05, 4.69) is 15.6 Å². The van der Waals surface area contributed by atoms with E-state index in [1.807, 2.05) is 0 Å². The van der Waals surface area contributed by atoms with E-state index in [9.17, 15) is 38.3 Å². The number of carbonyl (C=O) groups is 6. The largest absolute Gasteiger partial charge is 0.483 e. The summed E-state index contributed by atoms with van der Waals surface area (Å²) in [6, 6.07) is 3.59. The summed E-state index contributed by atoms with van der Waals surface area (Å²) < 4.78 is 25.8. The quantitative estimate of drug-likeness (QED) is 0.297. The Labute approximate surface area is 275 Å². The molecule has 2 atom stereocenters. The summed E-state index contributed by atoms with van der Waals surface area (Å²) in [7, 11) is 0. The lowest BCUT2D eigenvalue weighted by Gasteiger charge is -2.35. The van der Waals surface area contributed by atoms with Gasteiger partial charge in [0.2, 0.25) is 11.8 Å². The number of benzene rings is 1. The highest BCUT2D eigenvalue weighted by Crippen LogP contribution is 2.28. The summed E-state index contributed by atoms with van der Waals surface area (Å²) in [5, 5.41) is 15.0. The smallest absolute Gasteiger partial charge is 0.409 e. The van der Waals surface area contributed by atoms with E-state index in [1.54, 1.807) is 6.92 Å². The summed E-state index contributed by atoms with van der Waals surface area (Å²) in [5.74, 6) is -4.03. The summed E-state index contributed by atoms with van der Waals surface area (Å²) >= 11 is 0. The van der Waals surface area contributed by atoms with Gasteiger partial charge in [-0.1, -0.05) is 6.07 Å². The number of aromatic nitrogens is 1. The van der Waals surface area contributed by atoms with Gasteiger partial charge in [-0.25, -0.2) is 14.2 Å². The Morgan fingerprint density at radius 3 is 2.46 bits per heavy atom. The Morgan fingerprint density at radius 2 is 1.77 bits per heavy atom. The molecule has 258 valence electrons. The van der Waals surface area contributed by atoms with Crippen molar-refractivity contribution in [3.63, 3.8) is 0 Å². The number of hydrogen-bond donors (Lipinski definition) is 3. The van der Waals surface area contributed by atoms with Crippen molar-refractivity contribution in [3.05, 3.63) is 35.8 Å². The van der Waals surface area contributed by atoms with Gasteiger partial charge in [-0.15, -0.1) is 0 Å². The molecule has 3 N–H and O–H groups in total. The van der Waals surface area contributed by atoms with E-state index in [0.29, 0.717) is 19.4 Å². The van der Waals surface area contributed by atoms with Gasteiger partial charge in [0.1, 0.15) is 34.9 Å². The number of halogens is 1. The first-order chi connectivity index (χ1) is 23.0. The number of aliphatic carboxylic acids is 1. The zero-order chi connectivity index (χ0) is 34.4. The van der Waals surface area contributed by atoms with Crippen LogP contribution in [-0.2, 0) is 23.9 Å². The topological polar surface area (TPSA) is 188 Å². The van der Waals surface area contributed by atoms with Crippen LogP contribution in [-0.4, -0.2) is 125 Å². The molecule has 3 fully saturated rings. The molecule has 3 heterocycles. The third-order valence-corrected chi connectivity index (χ3v) is 8.50. The van der Waals surface area contributed by atoms with Crippen molar-refractivity contribution >= 4 is 46.6 Å². The number of carbonyl (C=O) groups excluding carboxylic acids is 5. The maximum absolute atomic E-state index is 15.0. The van der Waals surface area contributed by atoms with Crippen molar-refractivity contribution in [1.29, 1.82) is 0 Å². The van der Waals surface area contributed by atoms with Crippen molar-refractivity contribution in [2.24, 2.45) is 0 Å². The van der Waals surface area contributed by atoms with Crippen LogP contribution in [0.3, 0.4) is 0 Å². The number of amides is 5. The summed E-state index contributed by atoms with van der Waals surface area (Å²) in [6.07, 6.45) is 1.86. The standard InChI is InChI=1S/C32H39FN6O9/c1-2-47-32(46)38-15-13-37(14-16-38)31(45)22(10-11-27(41)42)36-29(43)23-17-25(20-5-3-6-21(33)28(20)35-23)48-18-26(40)39-12-4-7-24(39)30(44)34-19-8-9-19/h3,5-6,17,19,22,24H,2,4,7-16,18H2,1H3,(H,34,44)(H,36,43)(H,41,42). The molecular weight excluding hydrogens is 631 g/mol. The van der Waals surface area contributed by atoms with Gasteiger partial charge < -0.3 is 39.9 Å². The van der Waals surface area contributed by atoms with E-state index >= 15 is 0 Å². The van der Waals surface area contributed by atoms with Crippen LogP contribution in [0.5, 0.6) is 5.75 Å². The van der Waals surface area contributed by atoms with Crippen LogP contribution < -0.4 is 15.4 Å². The molecule has 16 heteroatoms. The highest BCUT2D eigenvalue weighted by Gasteiger charge is 2.37. The minimum atomic E-state index is -1.26. The molecule has 1 aliphatic carbocycles. The fourth-order valence-electron chi connectivity index (χ4n) is 5.81. The molecule has 2 unspecified atom stereocenters. The number of fused-ring (bicyclic) bond motifs is 1. The Balaban J connectivity index is 1.30. The van der Waals surface area contributed by atoms with E-state index in [1.165, 1.54) is 32.9 Å². The van der Waals surface area contributed by atoms with Crippen LogP contribution >= 0.6 is 0 Å². The zero-order valence-corrected chi connectivity index (χ0v) is 26.6. The SMILES string of the molecule is CCOC(=O)N1CCN(C(=O)C(CCC(=O)O)NC(=O)c2cc(OCC(=O)N3CCCC3C(=O)NC3CC3)c3cccc(F)c3n2)CC1. The number of pyridine rings is 1. The Morgan fingerprint density at radius 1 is 1.04 bits per heavy atom. The molecule has 2 aliphatic heterocycles. The van der Waals surface area contributed by atoms with Crippen LogP contribution in [0.2, 0.25) is 0 Å². The van der Waals surface area contributed by atoms with Crippen LogP contribution in [0.15, 0.2) is 24.3 Å². The molecular formula is C32H39FN6O9. The molecule has 0 spiro atoms. The van der Waals surface area contributed by atoms with Crippen LogP contribution in [0, 0.1) is 5.82 Å². The first-order valence-corrected chi connectivity index (χ1v) is 16.1. The van der Waals surface area contributed by atoms with Crippen LogP contribution in [0.1, 0.15) is 55.9 Å². The number of hydrogen-bond acceptors (Lipinski definition) is 9. The zero-order valence-electron chi connectivity index (χ0n) is 26.6. The third kappa shape index (κ3) is 8.27. The predicted octanol–water partition coefficient (Wildman–Crippen LogP) is 1.29. The van der Waals surface area contributed by atoms with Gasteiger partial charge in [-0.05, 0) is 51.2 Å². The fourth-order valence-corrected chi connectivity index (χ4v) is 5.81. The molecule has 5 rings (SSSR count). The maximum Gasteiger partial charge on any atom is 0.409 e. The van der Waals surface area contributed by atoms with Crippen LogP contribution in [0.25, 0.3) is 10.9 Å². The van der Waals surface area contributed by atoms with Crippen molar-refractivity contribution in [1.82, 2.24) is 30.3 Å². The third-order valence-electron chi connectivity index (χ3n) is 8.50. The molecule has 1 aromatic heterocycles. The lowest BCUT2D eigenvalue weighted by Crippen LogP contribution is -2.56. The first-order valence-electron chi connectivity index (χ1n) is 16.1. The highest BCUT2D eigenvalue weighted by atomic mass is 19.1. The molecule has 2 saturated heterocycles. The Kier molecular flexibility index (Phi) is 10.9. The molecule has 1 aromatic carbocycles. The number of ether oxygens (including phenoxy) is 2. The first kappa shape index (κ1) is 34.3. The second-order valence-corrected chi connectivity index (χ2v) is 11.9. The minimum Gasteiger partial charge on any atom is -0.483 e. The number of nitrogens with one attached hydrogen (secondary N) is 2. The van der Waals surface area contributed by atoms with E-state index in [4.69, 9.17) is 9.47 Å². The van der Waals surface area contributed by atoms with E-state index in [0.717, 1.165) is 18.9 Å². The maximum atomic E-state index is 15.0. The number of para-hydroxylation sites is 1. The number of piperazine rings is 1. The van der Waals surface area contributed by atoms with Crippen molar-refractivity contribution in [2.75, 3.05) is 45.9 Å². The molecule has 0 radical (unpaired) electrons. The van der Waals surface area contributed by atoms with E-state index in [-0.39, 0.29) is 73.5 Å². The molecule has 3 aliphatic rings. The summed E-state index contributed by atoms with van der Waals surface area (Å²) in [5.41, 5.74) is -0.530. The van der Waals surface area contributed by atoms with Gasteiger partial charge in [-0.3, -0.25) is 24.0 Å². The van der Waals surface area contributed by atoms with Gasteiger partial charge in [0.15, 0.2) is 6.61 Å². The minimum absolute atomic E-state index is 0.0142. The lowest BCUT2D eigenvalue weighted by molar-refractivity contribution is -0.140. The van der Waals surface area contributed by atoms with Gasteiger partial charge in [0, 0.05) is 56.6 Å². The second-order valence-electron chi connectivity index (χ2n) is 11.9.